The standard InChI is InChI=1S/C12H12ClN3O2/c1-7(14-8(2)17)12-15-11(16-18-12)9-5-3-4-6-10(9)13/h3-7H,1-2H3,(H,14,17). The first-order chi connectivity index (χ1) is 8.58. The van der Waals surface area contributed by atoms with E-state index in [1.54, 1.807) is 19.1 Å². The van der Waals surface area contributed by atoms with E-state index in [1.165, 1.54) is 6.92 Å². The van der Waals surface area contributed by atoms with Crippen molar-refractivity contribution in [3.63, 3.8) is 0 Å². The maximum atomic E-state index is 10.9. The van der Waals surface area contributed by atoms with Crippen LogP contribution in [-0.4, -0.2) is 16.0 Å². The molecule has 5 nitrogen and oxygen atoms in total. The zero-order chi connectivity index (χ0) is 13.1. The number of carbonyl (C=O) groups is 1. The van der Waals surface area contributed by atoms with Gasteiger partial charge in [0.15, 0.2) is 0 Å². The van der Waals surface area contributed by atoms with Crippen molar-refractivity contribution in [1.82, 2.24) is 15.5 Å². The molecule has 1 heterocycles. The van der Waals surface area contributed by atoms with Crippen molar-refractivity contribution in [3.05, 3.63) is 35.2 Å². The summed E-state index contributed by atoms with van der Waals surface area (Å²) in [4.78, 5) is 15.2. The van der Waals surface area contributed by atoms with Crippen LogP contribution in [0.4, 0.5) is 0 Å². The zero-order valence-corrected chi connectivity index (χ0v) is 10.7. The van der Waals surface area contributed by atoms with Crippen LogP contribution >= 0.6 is 11.6 Å². The Morgan fingerprint density at radius 3 is 2.83 bits per heavy atom. The Hall–Kier alpha value is -1.88. The summed E-state index contributed by atoms with van der Waals surface area (Å²) in [5.74, 6) is 0.605. The number of aromatic nitrogens is 2. The predicted molar refractivity (Wildman–Crippen MR) is 67.0 cm³/mol. The minimum Gasteiger partial charge on any atom is -0.345 e. The van der Waals surface area contributed by atoms with Crippen LogP contribution in [-0.2, 0) is 4.79 Å². The van der Waals surface area contributed by atoms with Crippen LogP contribution in [0, 0.1) is 0 Å². The molecule has 0 aliphatic carbocycles. The quantitative estimate of drug-likeness (QED) is 0.926. The summed E-state index contributed by atoms with van der Waals surface area (Å²) >= 11 is 6.04. The highest BCUT2D eigenvalue weighted by molar-refractivity contribution is 6.33. The van der Waals surface area contributed by atoms with Gasteiger partial charge in [0.2, 0.25) is 17.6 Å². The number of carbonyl (C=O) groups excluding carboxylic acids is 1. The minimum absolute atomic E-state index is 0.153. The molecule has 1 atom stereocenters. The van der Waals surface area contributed by atoms with Crippen molar-refractivity contribution in [2.45, 2.75) is 19.9 Å². The molecular weight excluding hydrogens is 254 g/mol. The Kier molecular flexibility index (Phi) is 3.62. The summed E-state index contributed by atoms with van der Waals surface area (Å²) < 4.78 is 5.10. The molecule has 0 saturated carbocycles. The van der Waals surface area contributed by atoms with Gasteiger partial charge in [-0.3, -0.25) is 4.79 Å². The van der Waals surface area contributed by atoms with E-state index in [1.807, 2.05) is 12.1 Å². The van der Waals surface area contributed by atoms with Crippen molar-refractivity contribution in [3.8, 4) is 11.4 Å². The number of nitrogens with zero attached hydrogens (tertiary/aromatic N) is 2. The molecular formula is C12H12ClN3O2. The first-order valence-corrected chi connectivity index (χ1v) is 5.81. The molecule has 0 fully saturated rings. The molecule has 6 heteroatoms. The lowest BCUT2D eigenvalue weighted by atomic mass is 10.2. The summed E-state index contributed by atoms with van der Waals surface area (Å²) in [6.45, 7) is 3.20. The van der Waals surface area contributed by atoms with Gasteiger partial charge in [-0.25, -0.2) is 0 Å². The fraction of sp³-hybridized carbons (Fsp3) is 0.250. The Bertz CT molecular complexity index is 568. The number of amides is 1. The summed E-state index contributed by atoms with van der Waals surface area (Å²) in [5, 5.41) is 7.08. The van der Waals surface area contributed by atoms with Crippen LogP contribution in [0.2, 0.25) is 5.02 Å². The van der Waals surface area contributed by atoms with E-state index < -0.39 is 0 Å². The maximum absolute atomic E-state index is 10.9. The van der Waals surface area contributed by atoms with Crippen LogP contribution in [0.1, 0.15) is 25.8 Å². The molecule has 0 radical (unpaired) electrons. The molecule has 2 rings (SSSR count). The van der Waals surface area contributed by atoms with E-state index in [0.29, 0.717) is 22.3 Å². The topological polar surface area (TPSA) is 68.0 Å². The number of rotatable bonds is 3. The number of nitrogens with one attached hydrogen (secondary N) is 1. The molecule has 94 valence electrons. The second-order valence-corrected chi connectivity index (χ2v) is 4.27. The molecule has 2 aromatic rings. The van der Waals surface area contributed by atoms with E-state index in [9.17, 15) is 4.79 Å². The lowest BCUT2D eigenvalue weighted by Gasteiger charge is -2.05. The largest absolute Gasteiger partial charge is 0.345 e. The van der Waals surface area contributed by atoms with Crippen molar-refractivity contribution >= 4 is 17.5 Å². The summed E-state index contributed by atoms with van der Waals surface area (Å²) in [5.41, 5.74) is 0.698. The number of hydrogen-bond donors (Lipinski definition) is 1. The first-order valence-electron chi connectivity index (χ1n) is 5.43. The number of halogens is 1. The molecule has 0 aliphatic rings. The van der Waals surface area contributed by atoms with E-state index in [0.717, 1.165) is 0 Å². The lowest BCUT2D eigenvalue weighted by Crippen LogP contribution is -2.23. The molecule has 0 spiro atoms. The molecule has 18 heavy (non-hydrogen) atoms. The first kappa shape index (κ1) is 12.6. The normalized spacial score (nSPS) is 12.2. The summed E-state index contributed by atoms with van der Waals surface area (Å²) in [6.07, 6.45) is 0. The van der Waals surface area contributed by atoms with Crippen molar-refractivity contribution < 1.29 is 9.32 Å². The van der Waals surface area contributed by atoms with Crippen molar-refractivity contribution in [2.75, 3.05) is 0 Å². The van der Waals surface area contributed by atoms with E-state index in [2.05, 4.69) is 15.5 Å². The molecule has 0 bridgehead atoms. The molecule has 0 aliphatic heterocycles. The van der Waals surface area contributed by atoms with Gasteiger partial charge < -0.3 is 9.84 Å². The second-order valence-electron chi connectivity index (χ2n) is 3.86. The SMILES string of the molecule is CC(=O)NC(C)c1nc(-c2ccccc2Cl)no1. The Morgan fingerprint density at radius 1 is 1.44 bits per heavy atom. The minimum atomic E-state index is -0.328. The lowest BCUT2D eigenvalue weighted by molar-refractivity contribution is -0.119. The van der Waals surface area contributed by atoms with Crippen LogP contribution in [0.5, 0.6) is 0 Å². The van der Waals surface area contributed by atoms with Gasteiger partial charge in [0, 0.05) is 12.5 Å². The van der Waals surface area contributed by atoms with Crippen LogP contribution in [0.15, 0.2) is 28.8 Å². The molecule has 1 amide bonds. The fourth-order valence-electron chi connectivity index (χ4n) is 1.53. The van der Waals surface area contributed by atoms with Crippen LogP contribution in [0.3, 0.4) is 0 Å². The third kappa shape index (κ3) is 2.68. The highest BCUT2D eigenvalue weighted by Gasteiger charge is 2.16. The Balaban J connectivity index is 2.26. The van der Waals surface area contributed by atoms with Gasteiger partial charge in [-0.1, -0.05) is 28.9 Å². The summed E-state index contributed by atoms with van der Waals surface area (Å²) in [7, 11) is 0. The zero-order valence-electron chi connectivity index (χ0n) is 9.98. The Morgan fingerprint density at radius 2 is 2.17 bits per heavy atom. The maximum Gasteiger partial charge on any atom is 0.249 e. The van der Waals surface area contributed by atoms with E-state index in [4.69, 9.17) is 16.1 Å². The van der Waals surface area contributed by atoms with Gasteiger partial charge in [0.1, 0.15) is 6.04 Å². The smallest absolute Gasteiger partial charge is 0.249 e. The van der Waals surface area contributed by atoms with Crippen molar-refractivity contribution in [1.29, 1.82) is 0 Å². The van der Waals surface area contributed by atoms with Crippen LogP contribution < -0.4 is 5.32 Å². The van der Waals surface area contributed by atoms with E-state index in [-0.39, 0.29) is 11.9 Å². The average molecular weight is 266 g/mol. The van der Waals surface area contributed by atoms with Gasteiger partial charge in [-0.15, -0.1) is 0 Å². The van der Waals surface area contributed by atoms with Gasteiger partial charge in [0.25, 0.3) is 0 Å². The second kappa shape index (κ2) is 5.18. The highest BCUT2D eigenvalue weighted by atomic mass is 35.5. The predicted octanol–water partition coefficient (Wildman–Crippen LogP) is 2.59. The number of benzene rings is 1. The van der Waals surface area contributed by atoms with Crippen molar-refractivity contribution in [2.24, 2.45) is 0 Å². The fourth-order valence-corrected chi connectivity index (χ4v) is 1.75. The third-order valence-electron chi connectivity index (χ3n) is 2.35. The van der Waals surface area contributed by atoms with E-state index >= 15 is 0 Å². The summed E-state index contributed by atoms with van der Waals surface area (Å²) in [6, 6.07) is 6.90. The molecule has 1 aromatic carbocycles. The molecule has 0 saturated heterocycles. The molecule has 1 unspecified atom stereocenters. The molecule has 1 aromatic heterocycles. The monoisotopic (exact) mass is 265 g/mol. The Labute approximate surface area is 109 Å². The van der Waals surface area contributed by atoms with Gasteiger partial charge in [0.05, 0.1) is 5.02 Å². The average Bonchev–Trinajstić information content (AvgIpc) is 2.78. The van der Waals surface area contributed by atoms with Gasteiger partial charge in [-0.2, -0.15) is 4.98 Å². The molecule has 1 N–H and O–H groups in total. The van der Waals surface area contributed by atoms with Crippen LogP contribution in [0.25, 0.3) is 11.4 Å². The van der Waals surface area contributed by atoms with Gasteiger partial charge >= 0.3 is 0 Å². The third-order valence-corrected chi connectivity index (χ3v) is 2.68. The number of hydrogen-bond acceptors (Lipinski definition) is 4. The van der Waals surface area contributed by atoms with Gasteiger partial charge in [-0.05, 0) is 19.1 Å². The highest BCUT2D eigenvalue weighted by Crippen LogP contribution is 2.25.